The highest BCUT2D eigenvalue weighted by molar-refractivity contribution is 7.98. The molecule has 17 heavy (non-hydrogen) atoms. The van der Waals surface area contributed by atoms with Gasteiger partial charge in [-0.2, -0.15) is 11.8 Å². The quantitative estimate of drug-likeness (QED) is 0.719. The van der Waals surface area contributed by atoms with Gasteiger partial charge in [0.2, 0.25) is 0 Å². The molecule has 0 aliphatic carbocycles. The summed E-state index contributed by atoms with van der Waals surface area (Å²) in [6, 6.07) is 0.640. The van der Waals surface area contributed by atoms with E-state index in [1.54, 1.807) is 0 Å². The molecule has 1 heterocycles. The highest BCUT2D eigenvalue weighted by Crippen LogP contribution is 2.20. The topological polar surface area (TPSA) is 24.5 Å². The van der Waals surface area contributed by atoms with Gasteiger partial charge in [-0.3, -0.25) is 0 Å². The average molecular weight is 260 g/mol. The first kappa shape index (κ1) is 15.3. The summed E-state index contributed by atoms with van der Waals surface area (Å²) in [5, 5.41) is 3.37. The third-order valence-corrected chi connectivity index (χ3v) is 4.29. The second kappa shape index (κ2) is 8.35. The number of hydrogen-bond donors (Lipinski definition) is 1. The van der Waals surface area contributed by atoms with E-state index in [-0.39, 0.29) is 0 Å². The molecular weight excluding hydrogens is 232 g/mol. The molecule has 1 N–H and O–H groups in total. The van der Waals surface area contributed by atoms with Crippen LogP contribution >= 0.6 is 11.8 Å². The Morgan fingerprint density at radius 3 is 2.76 bits per heavy atom. The van der Waals surface area contributed by atoms with E-state index in [1.165, 1.54) is 18.6 Å². The fraction of sp³-hybridized carbons (Fsp3) is 1.00. The molecule has 3 atom stereocenters. The third-order valence-electron chi connectivity index (χ3n) is 3.47. The van der Waals surface area contributed by atoms with E-state index in [0.29, 0.717) is 18.2 Å². The van der Waals surface area contributed by atoms with Crippen molar-refractivity contribution < 1.29 is 4.74 Å². The van der Waals surface area contributed by atoms with Crippen LogP contribution in [0.1, 0.15) is 26.7 Å². The molecule has 0 aromatic rings. The lowest BCUT2D eigenvalue weighted by Gasteiger charge is -2.27. The van der Waals surface area contributed by atoms with Crippen LogP contribution in [0, 0.1) is 0 Å². The Morgan fingerprint density at radius 1 is 1.41 bits per heavy atom. The standard InChI is InChI=1S/C13H28N2OS/c1-5-14-8-12-6-7-13(16-12)9-15(3)11(2)10-17-4/h11-14H,5-10H2,1-4H3. The molecule has 0 spiro atoms. The maximum atomic E-state index is 6.05. The Morgan fingerprint density at radius 2 is 2.12 bits per heavy atom. The lowest BCUT2D eigenvalue weighted by molar-refractivity contribution is 0.0237. The van der Waals surface area contributed by atoms with E-state index >= 15 is 0 Å². The van der Waals surface area contributed by atoms with Crippen LogP contribution in [0.25, 0.3) is 0 Å². The Kier molecular flexibility index (Phi) is 7.51. The van der Waals surface area contributed by atoms with Crippen LogP contribution in [0.4, 0.5) is 0 Å². The first-order valence-electron chi connectivity index (χ1n) is 6.72. The van der Waals surface area contributed by atoms with Crippen molar-refractivity contribution in [2.75, 3.05) is 38.7 Å². The summed E-state index contributed by atoms with van der Waals surface area (Å²) in [4.78, 5) is 2.43. The lowest BCUT2D eigenvalue weighted by Crippen LogP contribution is -2.37. The molecule has 0 aromatic heterocycles. The molecule has 1 fully saturated rings. The van der Waals surface area contributed by atoms with E-state index in [4.69, 9.17) is 4.74 Å². The largest absolute Gasteiger partial charge is 0.372 e. The molecule has 1 aliphatic rings. The molecule has 3 unspecified atom stereocenters. The summed E-state index contributed by atoms with van der Waals surface area (Å²) >= 11 is 1.92. The van der Waals surface area contributed by atoms with Crippen molar-refractivity contribution in [1.29, 1.82) is 0 Å². The predicted molar refractivity (Wildman–Crippen MR) is 76.9 cm³/mol. The molecule has 0 amide bonds. The first-order chi connectivity index (χ1) is 8.17. The van der Waals surface area contributed by atoms with Crippen molar-refractivity contribution in [2.45, 2.75) is 44.9 Å². The number of thioether (sulfide) groups is 1. The lowest BCUT2D eigenvalue weighted by atomic mass is 10.2. The molecule has 0 radical (unpaired) electrons. The number of nitrogens with zero attached hydrogens (tertiary/aromatic N) is 1. The fourth-order valence-corrected chi connectivity index (χ4v) is 2.98. The van der Waals surface area contributed by atoms with Gasteiger partial charge in [-0.15, -0.1) is 0 Å². The molecule has 0 aromatic carbocycles. The molecule has 4 heteroatoms. The van der Waals surface area contributed by atoms with Crippen molar-refractivity contribution in [2.24, 2.45) is 0 Å². The van der Waals surface area contributed by atoms with Crippen LogP contribution in [0.3, 0.4) is 0 Å². The van der Waals surface area contributed by atoms with E-state index in [2.05, 4.69) is 37.4 Å². The molecule has 0 bridgehead atoms. The van der Waals surface area contributed by atoms with Crippen LogP contribution in [0.5, 0.6) is 0 Å². The van der Waals surface area contributed by atoms with Crippen LogP contribution in [-0.4, -0.2) is 61.8 Å². The minimum absolute atomic E-state index is 0.434. The Bertz CT molecular complexity index is 204. The van der Waals surface area contributed by atoms with Crippen molar-refractivity contribution in [3.63, 3.8) is 0 Å². The van der Waals surface area contributed by atoms with Gasteiger partial charge in [0, 0.05) is 24.9 Å². The van der Waals surface area contributed by atoms with Gasteiger partial charge in [-0.05, 0) is 39.6 Å². The van der Waals surface area contributed by atoms with Crippen molar-refractivity contribution >= 4 is 11.8 Å². The fourth-order valence-electron chi connectivity index (χ4n) is 2.24. The minimum atomic E-state index is 0.434. The molecule has 3 nitrogen and oxygen atoms in total. The van der Waals surface area contributed by atoms with Gasteiger partial charge in [0.1, 0.15) is 0 Å². The van der Waals surface area contributed by atoms with Gasteiger partial charge >= 0.3 is 0 Å². The first-order valence-corrected chi connectivity index (χ1v) is 8.12. The second-order valence-electron chi connectivity index (χ2n) is 5.01. The zero-order chi connectivity index (χ0) is 12.7. The number of nitrogens with one attached hydrogen (secondary N) is 1. The summed E-state index contributed by atoms with van der Waals surface area (Å²) in [6.07, 6.45) is 5.47. The average Bonchev–Trinajstić information content (AvgIpc) is 2.74. The van der Waals surface area contributed by atoms with Crippen molar-refractivity contribution in [1.82, 2.24) is 10.2 Å². The number of ether oxygens (including phenoxy) is 1. The van der Waals surface area contributed by atoms with Crippen molar-refractivity contribution in [3.05, 3.63) is 0 Å². The van der Waals surface area contributed by atoms with Crippen LogP contribution in [0.2, 0.25) is 0 Å². The third kappa shape index (κ3) is 5.60. The molecule has 1 rings (SSSR count). The summed E-state index contributed by atoms with van der Waals surface area (Å²) in [7, 11) is 2.21. The summed E-state index contributed by atoms with van der Waals surface area (Å²) in [5.41, 5.74) is 0. The summed E-state index contributed by atoms with van der Waals surface area (Å²) in [5.74, 6) is 1.20. The number of hydrogen-bond acceptors (Lipinski definition) is 4. The normalized spacial score (nSPS) is 26.6. The van der Waals surface area contributed by atoms with Crippen molar-refractivity contribution in [3.8, 4) is 0 Å². The highest BCUT2D eigenvalue weighted by atomic mass is 32.2. The van der Waals surface area contributed by atoms with Gasteiger partial charge in [0.15, 0.2) is 0 Å². The van der Waals surface area contributed by atoms with E-state index < -0.39 is 0 Å². The van der Waals surface area contributed by atoms with E-state index in [9.17, 15) is 0 Å². The maximum Gasteiger partial charge on any atom is 0.0707 e. The monoisotopic (exact) mass is 260 g/mol. The highest BCUT2D eigenvalue weighted by Gasteiger charge is 2.26. The van der Waals surface area contributed by atoms with Crippen LogP contribution in [-0.2, 0) is 4.74 Å². The zero-order valence-corrected chi connectivity index (χ0v) is 12.6. The molecular formula is C13H28N2OS. The number of likely N-dealkylation sites (N-methyl/N-ethyl adjacent to an activating group) is 2. The molecule has 102 valence electrons. The number of rotatable bonds is 8. The Hall–Kier alpha value is 0.230. The van der Waals surface area contributed by atoms with Gasteiger partial charge in [-0.25, -0.2) is 0 Å². The minimum Gasteiger partial charge on any atom is -0.372 e. The molecule has 1 aliphatic heterocycles. The van der Waals surface area contributed by atoms with Gasteiger partial charge in [0.25, 0.3) is 0 Å². The maximum absolute atomic E-state index is 6.05. The molecule has 1 saturated heterocycles. The summed E-state index contributed by atoms with van der Waals surface area (Å²) < 4.78 is 6.05. The summed E-state index contributed by atoms with van der Waals surface area (Å²) in [6.45, 7) is 7.56. The SMILES string of the molecule is CCNCC1CCC(CN(C)C(C)CSC)O1. The van der Waals surface area contributed by atoms with Crippen LogP contribution in [0.15, 0.2) is 0 Å². The van der Waals surface area contributed by atoms with E-state index in [1.807, 2.05) is 11.8 Å². The Labute approximate surface area is 111 Å². The predicted octanol–water partition coefficient (Wildman–Crippen LogP) is 1.83. The van der Waals surface area contributed by atoms with E-state index in [0.717, 1.165) is 19.6 Å². The molecule has 0 saturated carbocycles. The Balaban J connectivity index is 2.20. The van der Waals surface area contributed by atoms with Gasteiger partial charge < -0.3 is 15.0 Å². The smallest absolute Gasteiger partial charge is 0.0707 e. The van der Waals surface area contributed by atoms with Crippen LogP contribution < -0.4 is 5.32 Å². The zero-order valence-electron chi connectivity index (χ0n) is 11.7. The van der Waals surface area contributed by atoms with Gasteiger partial charge in [-0.1, -0.05) is 6.92 Å². The second-order valence-corrected chi connectivity index (χ2v) is 5.92. The van der Waals surface area contributed by atoms with Gasteiger partial charge in [0.05, 0.1) is 12.2 Å².